The van der Waals surface area contributed by atoms with E-state index in [4.69, 9.17) is 11.6 Å². The standard InChI is InChI=1S/C13H16ClN3/c1-2-6-17-10-11(9-16-17)8-15-13-5-3-4-12(14)7-13/h3-5,7,9-10,15H,2,6,8H2,1H3. The molecule has 0 spiro atoms. The highest BCUT2D eigenvalue weighted by Crippen LogP contribution is 2.15. The normalized spacial score (nSPS) is 10.5. The van der Waals surface area contributed by atoms with Crippen LogP contribution in [0, 0.1) is 0 Å². The predicted molar refractivity (Wildman–Crippen MR) is 71.3 cm³/mol. The maximum absolute atomic E-state index is 5.92. The molecule has 0 saturated heterocycles. The number of hydrogen-bond acceptors (Lipinski definition) is 2. The SMILES string of the molecule is CCCn1cc(CNc2cccc(Cl)c2)cn1. The molecule has 2 rings (SSSR count). The van der Waals surface area contributed by atoms with Gasteiger partial charge in [-0.2, -0.15) is 5.10 Å². The maximum atomic E-state index is 5.92. The molecule has 0 saturated carbocycles. The Kier molecular flexibility index (Phi) is 4.04. The van der Waals surface area contributed by atoms with Crippen molar-refractivity contribution in [1.29, 1.82) is 0 Å². The number of benzene rings is 1. The van der Waals surface area contributed by atoms with Gasteiger partial charge in [0, 0.05) is 35.6 Å². The van der Waals surface area contributed by atoms with Crippen LogP contribution in [0.1, 0.15) is 18.9 Å². The molecule has 0 atom stereocenters. The first-order valence-electron chi connectivity index (χ1n) is 5.78. The molecule has 1 heterocycles. The molecule has 90 valence electrons. The summed E-state index contributed by atoms with van der Waals surface area (Å²) in [7, 11) is 0. The van der Waals surface area contributed by atoms with Gasteiger partial charge in [0.25, 0.3) is 0 Å². The van der Waals surface area contributed by atoms with Crippen molar-refractivity contribution in [3.63, 3.8) is 0 Å². The van der Waals surface area contributed by atoms with Crippen LogP contribution >= 0.6 is 11.6 Å². The van der Waals surface area contributed by atoms with Gasteiger partial charge in [0.05, 0.1) is 6.20 Å². The zero-order chi connectivity index (χ0) is 12.1. The summed E-state index contributed by atoms with van der Waals surface area (Å²) < 4.78 is 1.97. The fraction of sp³-hybridized carbons (Fsp3) is 0.308. The molecular weight excluding hydrogens is 234 g/mol. The summed E-state index contributed by atoms with van der Waals surface area (Å²) in [6.07, 6.45) is 5.07. The fourth-order valence-corrected chi connectivity index (χ4v) is 1.84. The summed E-state index contributed by atoms with van der Waals surface area (Å²) in [5, 5.41) is 8.35. The smallest absolute Gasteiger partial charge is 0.0539 e. The average molecular weight is 250 g/mol. The Balaban J connectivity index is 1.93. The molecule has 1 aromatic carbocycles. The van der Waals surface area contributed by atoms with Gasteiger partial charge in [-0.25, -0.2) is 0 Å². The Hall–Kier alpha value is -1.48. The monoisotopic (exact) mass is 249 g/mol. The number of aromatic nitrogens is 2. The first-order chi connectivity index (χ1) is 8.28. The highest BCUT2D eigenvalue weighted by Gasteiger charge is 1.98. The molecule has 0 unspecified atom stereocenters. The number of nitrogens with zero attached hydrogens (tertiary/aromatic N) is 2. The maximum Gasteiger partial charge on any atom is 0.0539 e. The van der Waals surface area contributed by atoms with E-state index in [1.54, 1.807) is 0 Å². The summed E-state index contributed by atoms with van der Waals surface area (Å²) in [6.45, 7) is 3.88. The predicted octanol–water partition coefficient (Wildman–Crippen LogP) is 3.56. The molecule has 2 aromatic rings. The largest absolute Gasteiger partial charge is 0.381 e. The van der Waals surface area contributed by atoms with Crippen LogP contribution in [0.3, 0.4) is 0 Å². The molecule has 0 radical (unpaired) electrons. The third-order valence-corrected chi connectivity index (χ3v) is 2.70. The first-order valence-corrected chi connectivity index (χ1v) is 6.16. The van der Waals surface area contributed by atoms with Crippen LogP contribution in [-0.4, -0.2) is 9.78 Å². The Morgan fingerprint density at radius 1 is 1.41 bits per heavy atom. The lowest BCUT2D eigenvalue weighted by Gasteiger charge is -2.04. The third kappa shape index (κ3) is 3.49. The highest BCUT2D eigenvalue weighted by atomic mass is 35.5. The van der Waals surface area contributed by atoms with Crippen LogP contribution in [0.4, 0.5) is 5.69 Å². The molecule has 0 aliphatic heterocycles. The topological polar surface area (TPSA) is 29.9 Å². The summed E-state index contributed by atoms with van der Waals surface area (Å²) in [5.41, 5.74) is 2.21. The van der Waals surface area contributed by atoms with Crippen molar-refractivity contribution in [1.82, 2.24) is 9.78 Å². The van der Waals surface area contributed by atoms with E-state index in [0.717, 1.165) is 30.2 Å². The minimum Gasteiger partial charge on any atom is -0.381 e. The molecule has 0 aliphatic rings. The Labute approximate surface area is 106 Å². The molecule has 3 nitrogen and oxygen atoms in total. The number of anilines is 1. The molecule has 0 bridgehead atoms. The van der Waals surface area contributed by atoms with Gasteiger partial charge in [-0.1, -0.05) is 24.6 Å². The van der Waals surface area contributed by atoms with E-state index in [2.05, 4.69) is 23.5 Å². The molecule has 0 amide bonds. The Bertz CT molecular complexity index is 479. The van der Waals surface area contributed by atoms with Crippen LogP contribution in [0.2, 0.25) is 5.02 Å². The van der Waals surface area contributed by atoms with Crippen molar-refractivity contribution in [3.8, 4) is 0 Å². The molecule has 1 aromatic heterocycles. The van der Waals surface area contributed by atoms with Crippen LogP contribution < -0.4 is 5.32 Å². The zero-order valence-electron chi connectivity index (χ0n) is 9.86. The van der Waals surface area contributed by atoms with E-state index >= 15 is 0 Å². The van der Waals surface area contributed by atoms with Crippen molar-refractivity contribution >= 4 is 17.3 Å². The quantitative estimate of drug-likeness (QED) is 0.878. The van der Waals surface area contributed by atoms with E-state index in [1.165, 1.54) is 5.56 Å². The lowest BCUT2D eigenvalue weighted by molar-refractivity contribution is 0.602. The summed E-state index contributed by atoms with van der Waals surface area (Å²) in [4.78, 5) is 0. The number of nitrogens with one attached hydrogen (secondary N) is 1. The molecule has 0 fully saturated rings. The van der Waals surface area contributed by atoms with E-state index in [0.29, 0.717) is 0 Å². The van der Waals surface area contributed by atoms with Crippen LogP contribution in [0.15, 0.2) is 36.7 Å². The minimum atomic E-state index is 0.747. The minimum absolute atomic E-state index is 0.747. The Morgan fingerprint density at radius 2 is 2.29 bits per heavy atom. The van der Waals surface area contributed by atoms with Gasteiger partial charge < -0.3 is 5.32 Å². The molecular formula is C13H16ClN3. The lowest BCUT2D eigenvalue weighted by Crippen LogP contribution is -1.99. The van der Waals surface area contributed by atoms with E-state index < -0.39 is 0 Å². The molecule has 1 N–H and O–H groups in total. The van der Waals surface area contributed by atoms with Gasteiger partial charge in [-0.05, 0) is 24.6 Å². The highest BCUT2D eigenvalue weighted by molar-refractivity contribution is 6.30. The summed E-state index contributed by atoms with van der Waals surface area (Å²) in [6, 6.07) is 7.72. The van der Waals surface area contributed by atoms with Crippen molar-refractivity contribution in [3.05, 3.63) is 47.2 Å². The molecule has 17 heavy (non-hydrogen) atoms. The van der Waals surface area contributed by atoms with Gasteiger partial charge in [0.15, 0.2) is 0 Å². The third-order valence-electron chi connectivity index (χ3n) is 2.46. The van der Waals surface area contributed by atoms with Crippen molar-refractivity contribution in [2.75, 3.05) is 5.32 Å². The van der Waals surface area contributed by atoms with Crippen LogP contribution in [0.5, 0.6) is 0 Å². The number of rotatable bonds is 5. The second-order valence-electron chi connectivity index (χ2n) is 3.98. The van der Waals surface area contributed by atoms with Gasteiger partial charge in [0.1, 0.15) is 0 Å². The second-order valence-corrected chi connectivity index (χ2v) is 4.41. The molecule has 4 heteroatoms. The van der Waals surface area contributed by atoms with E-state index in [1.807, 2.05) is 35.1 Å². The van der Waals surface area contributed by atoms with E-state index in [9.17, 15) is 0 Å². The van der Waals surface area contributed by atoms with Crippen molar-refractivity contribution in [2.24, 2.45) is 0 Å². The fourth-order valence-electron chi connectivity index (χ4n) is 1.65. The van der Waals surface area contributed by atoms with E-state index in [-0.39, 0.29) is 0 Å². The van der Waals surface area contributed by atoms with Crippen LogP contribution in [-0.2, 0) is 13.1 Å². The number of hydrogen-bond donors (Lipinski definition) is 1. The van der Waals surface area contributed by atoms with Crippen molar-refractivity contribution < 1.29 is 0 Å². The molecule has 0 aliphatic carbocycles. The Morgan fingerprint density at radius 3 is 3.06 bits per heavy atom. The van der Waals surface area contributed by atoms with Crippen molar-refractivity contribution in [2.45, 2.75) is 26.4 Å². The summed E-state index contributed by atoms with van der Waals surface area (Å²) in [5.74, 6) is 0. The van der Waals surface area contributed by atoms with Gasteiger partial charge in [-0.15, -0.1) is 0 Å². The number of aryl methyl sites for hydroxylation is 1. The van der Waals surface area contributed by atoms with Gasteiger partial charge >= 0.3 is 0 Å². The van der Waals surface area contributed by atoms with Gasteiger partial charge in [0.2, 0.25) is 0 Å². The van der Waals surface area contributed by atoms with Gasteiger partial charge in [-0.3, -0.25) is 4.68 Å². The number of halogens is 1. The average Bonchev–Trinajstić information content (AvgIpc) is 2.75. The lowest BCUT2D eigenvalue weighted by atomic mass is 10.3. The second kappa shape index (κ2) is 5.73. The first kappa shape index (κ1) is 12.0. The van der Waals surface area contributed by atoms with Crippen LogP contribution in [0.25, 0.3) is 0 Å². The zero-order valence-corrected chi connectivity index (χ0v) is 10.6. The summed E-state index contributed by atoms with van der Waals surface area (Å²) >= 11 is 5.92.